The maximum Gasteiger partial charge on any atom is 0.198 e. The van der Waals surface area contributed by atoms with Crippen molar-refractivity contribution in [1.29, 1.82) is 0 Å². The fourth-order valence-electron chi connectivity index (χ4n) is 1.27. The number of oxazole rings is 1. The lowest BCUT2D eigenvalue weighted by atomic mass is 10.2. The highest BCUT2D eigenvalue weighted by Gasteiger charge is 2.18. The molecule has 0 atom stereocenters. The Morgan fingerprint density at radius 2 is 2.33 bits per heavy atom. The third-order valence-electron chi connectivity index (χ3n) is 1.96. The first-order valence-corrected chi connectivity index (χ1v) is 5.38. The highest BCUT2D eigenvalue weighted by Crippen LogP contribution is 2.31. The molecule has 0 aromatic carbocycles. The molecular formula is C9H13NOS. The van der Waals surface area contributed by atoms with Crippen LogP contribution in [-0.2, 0) is 6.42 Å². The number of thioether (sulfide) groups is 1. The SMILES string of the molecule is CC(C)c1nc2c(o1)CCCS2. The predicted octanol–water partition coefficient (Wildman–Crippen LogP) is 2.84. The zero-order valence-corrected chi connectivity index (χ0v) is 8.28. The van der Waals surface area contributed by atoms with E-state index in [1.54, 1.807) is 0 Å². The fourth-order valence-corrected chi connectivity index (χ4v) is 2.22. The summed E-state index contributed by atoms with van der Waals surface area (Å²) in [6.45, 7) is 4.23. The van der Waals surface area contributed by atoms with Gasteiger partial charge in [0.2, 0.25) is 0 Å². The number of nitrogens with zero attached hydrogens (tertiary/aromatic N) is 1. The van der Waals surface area contributed by atoms with Crippen LogP contribution >= 0.6 is 11.8 Å². The highest BCUT2D eigenvalue weighted by molar-refractivity contribution is 7.99. The van der Waals surface area contributed by atoms with Crippen LogP contribution in [0.3, 0.4) is 0 Å². The van der Waals surface area contributed by atoms with Crippen LogP contribution in [0.4, 0.5) is 0 Å². The summed E-state index contributed by atoms with van der Waals surface area (Å²) in [7, 11) is 0. The molecule has 0 fully saturated rings. The van der Waals surface area contributed by atoms with Crippen molar-refractivity contribution in [3.05, 3.63) is 11.7 Å². The van der Waals surface area contributed by atoms with Gasteiger partial charge >= 0.3 is 0 Å². The molecule has 1 aliphatic rings. The van der Waals surface area contributed by atoms with Crippen molar-refractivity contribution < 1.29 is 4.42 Å². The Bertz CT molecular complexity index is 257. The van der Waals surface area contributed by atoms with Crippen molar-refractivity contribution >= 4 is 11.8 Å². The van der Waals surface area contributed by atoms with Gasteiger partial charge in [-0.25, -0.2) is 4.98 Å². The Balaban J connectivity index is 2.32. The summed E-state index contributed by atoms with van der Waals surface area (Å²) >= 11 is 1.82. The Kier molecular flexibility index (Phi) is 2.13. The maximum atomic E-state index is 5.64. The minimum Gasteiger partial charge on any atom is -0.444 e. The average Bonchev–Trinajstić information content (AvgIpc) is 2.46. The molecule has 0 spiro atoms. The summed E-state index contributed by atoms with van der Waals surface area (Å²) in [5.41, 5.74) is 0. The van der Waals surface area contributed by atoms with Crippen molar-refractivity contribution in [3.63, 3.8) is 0 Å². The molecule has 0 amide bonds. The number of fused-ring (bicyclic) bond motifs is 1. The molecule has 1 aromatic rings. The molecule has 0 saturated carbocycles. The smallest absolute Gasteiger partial charge is 0.198 e. The van der Waals surface area contributed by atoms with Crippen LogP contribution < -0.4 is 0 Å². The average molecular weight is 183 g/mol. The molecule has 0 saturated heterocycles. The van der Waals surface area contributed by atoms with E-state index in [2.05, 4.69) is 18.8 Å². The van der Waals surface area contributed by atoms with Gasteiger partial charge in [0, 0.05) is 18.1 Å². The molecule has 0 radical (unpaired) electrons. The van der Waals surface area contributed by atoms with Gasteiger partial charge in [-0.1, -0.05) is 13.8 Å². The van der Waals surface area contributed by atoms with Crippen molar-refractivity contribution in [1.82, 2.24) is 4.98 Å². The molecule has 3 heteroatoms. The summed E-state index contributed by atoms with van der Waals surface area (Å²) in [5.74, 6) is 3.61. The molecule has 2 nitrogen and oxygen atoms in total. The summed E-state index contributed by atoms with van der Waals surface area (Å²) < 4.78 is 5.64. The minimum absolute atomic E-state index is 0.413. The Labute approximate surface area is 76.8 Å². The van der Waals surface area contributed by atoms with Gasteiger partial charge in [0.05, 0.1) is 0 Å². The second-order valence-corrected chi connectivity index (χ2v) is 4.47. The van der Waals surface area contributed by atoms with Crippen molar-refractivity contribution in [2.45, 2.75) is 37.6 Å². The van der Waals surface area contributed by atoms with Crippen LogP contribution in [-0.4, -0.2) is 10.7 Å². The Hall–Kier alpha value is -0.440. The zero-order valence-electron chi connectivity index (χ0n) is 7.46. The standard InChI is InChI=1S/C9H13NOS/c1-6(2)8-10-9-7(11-8)4-3-5-12-9/h6H,3-5H2,1-2H3. The maximum absolute atomic E-state index is 5.64. The number of rotatable bonds is 1. The van der Waals surface area contributed by atoms with E-state index in [9.17, 15) is 0 Å². The molecule has 0 aliphatic carbocycles. The lowest BCUT2D eigenvalue weighted by Crippen LogP contribution is -1.94. The van der Waals surface area contributed by atoms with Gasteiger partial charge in [-0.3, -0.25) is 0 Å². The third kappa shape index (κ3) is 1.38. The quantitative estimate of drug-likeness (QED) is 0.669. The van der Waals surface area contributed by atoms with Gasteiger partial charge in [-0.2, -0.15) is 0 Å². The summed E-state index contributed by atoms with van der Waals surface area (Å²) in [4.78, 5) is 4.45. The molecule has 2 heterocycles. The monoisotopic (exact) mass is 183 g/mol. The van der Waals surface area contributed by atoms with Crippen LogP contribution in [0, 0.1) is 0 Å². The van der Waals surface area contributed by atoms with Crippen LogP contribution in [0.5, 0.6) is 0 Å². The number of aryl methyl sites for hydroxylation is 1. The van der Waals surface area contributed by atoms with E-state index in [0.29, 0.717) is 5.92 Å². The predicted molar refractivity (Wildman–Crippen MR) is 49.6 cm³/mol. The molecule has 1 aromatic heterocycles. The molecule has 1 aliphatic heterocycles. The number of hydrogen-bond donors (Lipinski definition) is 0. The second kappa shape index (κ2) is 3.13. The number of hydrogen-bond acceptors (Lipinski definition) is 3. The fraction of sp³-hybridized carbons (Fsp3) is 0.667. The molecule has 12 heavy (non-hydrogen) atoms. The molecular weight excluding hydrogens is 170 g/mol. The van der Waals surface area contributed by atoms with Gasteiger partial charge in [0.15, 0.2) is 5.89 Å². The van der Waals surface area contributed by atoms with Crippen molar-refractivity contribution in [2.75, 3.05) is 5.75 Å². The van der Waals surface area contributed by atoms with Crippen LogP contribution in [0.15, 0.2) is 9.44 Å². The van der Waals surface area contributed by atoms with Crippen molar-refractivity contribution in [2.24, 2.45) is 0 Å². The van der Waals surface area contributed by atoms with E-state index < -0.39 is 0 Å². The van der Waals surface area contributed by atoms with Gasteiger partial charge in [0.1, 0.15) is 10.8 Å². The van der Waals surface area contributed by atoms with Crippen LogP contribution in [0.2, 0.25) is 0 Å². The molecule has 0 unspecified atom stereocenters. The first-order chi connectivity index (χ1) is 5.77. The van der Waals surface area contributed by atoms with Gasteiger partial charge in [-0.15, -0.1) is 11.8 Å². The Morgan fingerprint density at radius 3 is 3.00 bits per heavy atom. The first kappa shape index (κ1) is 8.17. The summed E-state index contributed by atoms with van der Waals surface area (Å²) in [6, 6.07) is 0. The van der Waals surface area contributed by atoms with E-state index in [0.717, 1.165) is 23.1 Å². The van der Waals surface area contributed by atoms with E-state index >= 15 is 0 Å². The van der Waals surface area contributed by atoms with E-state index in [-0.39, 0.29) is 0 Å². The van der Waals surface area contributed by atoms with E-state index in [1.165, 1.54) is 12.2 Å². The second-order valence-electron chi connectivity index (χ2n) is 3.39. The zero-order chi connectivity index (χ0) is 8.55. The van der Waals surface area contributed by atoms with E-state index in [4.69, 9.17) is 4.42 Å². The topological polar surface area (TPSA) is 26.0 Å². The van der Waals surface area contributed by atoms with Gasteiger partial charge < -0.3 is 4.42 Å². The third-order valence-corrected chi connectivity index (χ3v) is 3.04. The molecule has 2 rings (SSSR count). The molecule has 66 valence electrons. The summed E-state index contributed by atoms with van der Waals surface area (Å²) in [5, 5.41) is 1.13. The number of aromatic nitrogens is 1. The lowest BCUT2D eigenvalue weighted by Gasteiger charge is -2.05. The van der Waals surface area contributed by atoms with E-state index in [1.807, 2.05) is 11.8 Å². The minimum atomic E-state index is 0.413. The first-order valence-electron chi connectivity index (χ1n) is 4.40. The highest BCUT2D eigenvalue weighted by atomic mass is 32.2. The molecule has 0 bridgehead atoms. The Morgan fingerprint density at radius 1 is 1.50 bits per heavy atom. The molecule has 0 N–H and O–H groups in total. The van der Waals surface area contributed by atoms with Gasteiger partial charge in [-0.05, 0) is 6.42 Å². The van der Waals surface area contributed by atoms with Gasteiger partial charge in [0.25, 0.3) is 0 Å². The van der Waals surface area contributed by atoms with Crippen LogP contribution in [0.25, 0.3) is 0 Å². The normalized spacial score (nSPS) is 16.6. The summed E-state index contributed by atoms with van der Waals surface area (Å²) in [6.07, 6.45) is 2.30. The largest absolute Gasteiger partial charge is 0.444 e. The lowest BCUT2D eigenvalue weighted by molar-refractivity contribution is 0.431. The van der Waals surface area contributed by atoms with Crippen molar-refractivity contribution in [3.8, 4) is 0 Å². The van der Waals surface area contributed by atoms with Crippen LogP contribution in [0.1, 0.15) is 37.8 Å².